The van der Waals surface area contributed by atoms with Gasteiger partial charge >= 0.3 is 12.2 Å². The minimum absolute atomic E-state index is 0.528. The molecule has 0 saturated heterocycles. The van der Waals surface area contributed by atoms with Crippen LogP contribution in [0.25, 0.3) is 4.85 Å². The Labute approximate surface area is 66.5 Å². The third-order valence-corrected chi connectivity index (χ3v) is 1.10. The first-order valence-electron chi connectivity index (χ1n) is 3.44. The highest BCUT2D eigenvalue weighted by Crippen LogP contribution is 2.03. The van der Waals surface area contributed by atoms with E-state index in [0.717, 1.165) is 12.5 Å². The Morgan fingerprint density at radius 3 is 2.91 bits per heavy atom. The molecule has 0 aromatic carbocycles. The number of carbonyl (C=O) groups is 1. The molecule has 0 radical (unpaired) electrons. The van der Waals surface area contributed by atoms with Gasteiger partial charge in [0.2, 0.25) is 0 Å². The van der Waals surface area contributed by atoms with Gasteiger partial charge in [-0.15, -0.1) is 0 Å². The van der Waals surface area contributed by atoms with E-state index >= 15 is 0 Å². The summed E-state index contributed by atoms with van der Waals surface area (Å²) in [7, 11) is 0. The molecule has 0 aliphatic carbocycles. The van der Waals surface area contributed by atoms with Gasteiger partial charge in [0, 0.05) is 6.08 Å². The predicted octanol–water partition coefficient (Wildman–Crippen LogP) is 1.76. The second-order valence-corrected chi connectivity index (χ2v) is 2.01. The lowest BCUT2D eigenvalue weighted by Crippen LogP contribution is -2.11. The molecule has 11 heavy (non-hydrogen) atoms. The molecule has 0 N–H and O–H groups in total. The maximum absolute atomic E-state index is 10.6. The van der Waals surface area contributed by atoms with E-state index in [1.807, 2.05) is 6.92 Å². The lowest BCUT2D eigenvalue weighted by Gasteiger charge is -2.02. The number of hydrogen-bond acceptors (Lipinski definition) is 2. The number of carbonyl (C=O) groups excluding carboxylic acids is 1. The van der Waals surface area contributed by atoms with E-state index in [1.54, 1.807) is 0 Å². The summed E-state index contributed by atoms with van der Waals surface area (Å²) in [6, 6.07) is 0. The molecule has 0 amide bonds. The van der Waals surface area contributed by atoms with E-state index in [4.69, 9.17) is 6.57 Å². The highest BCUT2D eigenvalue weighted by Gasteiger charge is 2.13. The normalized spacial score (nSPS) is 11.3. The molecule has 0 heterocycles. The van der Waals surface area contributed by atoms with Gasteiger partial charge in [-0.2, -0.15) is 0 Å². The van der Waals surface area contributed by atoms with Crippen molar-refractivity contribution in [2.24, 2.45) is 0 Å². The second-order valence-electron chi connectivity index (χ2n) is 2.01. The minimum Gasteiger partial charge on any atom is -0.388 e. The third kappa shape index (κ3) is 4.15. The molecule has 0 spiro atoms. The zero-order valence-corrected chi connectivity index (χ0v) is 6.54. The van der Waals surface area contributed by atoms with Gasteiger partial charge in [-0.25, -0.2) is 11.4 Å². The molecule has 0 saturated carbocycles. The largest absolute Gasteiger partial charge is 0.388 e. The van der Waals surface area contributed by atoms with Crippen molar-refractivity contribution in [1.82, 2.24) is 0 Å². The highest BCUT2D eigenvalue weighted by atomic mass is 16.6. The molecule has 3 heteroatoms. The Hall–Kier alpha value is -1.30. The summed E-state index contributed by atoms with van der Waals surface area (Å²) in [5.74, 6) is -0.528. The maximum atomic E-state index is 10.6. The van der Waals surface area contributed by atoms with E-state index in [0.29, 0.717) is 6.42 Å². The Bertz CT molecular complexity index is 181. The van der Waals surface area contributed by atoms with Crippen LogP contribution >= 0.6 is 0 Å². The molecule has 0 aliphatic rings. The van der Waals surface area contributed by atoms with Gasteiger partial charge in [0.25, 0.3) is 0 Å². The Kier molecular flexibility index (Phi) is 4.83. The molecule has 0 aromatic heterocycles. The van der Waals surface area contributed by atoms with Gasteiger partial charge < -0.3 is 4.74 Å². The summed E-state index contributed by atoms with van der Waals surface area (Å²) in [5, 5.41) is 0. The van der Waals surface area contributed by atoms with Crippen LogP contribution in [0.5, 0.6) is 0 Å². The van der Waals surface area contributed by atoms with Gasteiger partial charge in [0.1, 0.15) is 0 Å². The summed E-state index contributed by atoms with van der Waals surface area (Å²) in [6.07, 6.45) is 1.85. The molecular weight excluding hydrogens is 142 g/mol. The van der Waals surface area contributed by atoms with E-state index in [9.17, 15) is 4.79 Å². The molecule has 0 rings (SSSR count). The highest BCUT2D eigenvalue weighted by molar-refractivity contribution is 5.81. The van der Waals surface area contributed by atoms with Crippen molar-refractivity contribution in [3.63, 3.8) is 0 Å². The first-order valence-corrected chi connectivity index (χ1v) is 3.44. The van der Waals surface area contributed by atoms with Crippen molar-refractivity contribution >= 4 is 5.97 Å². The van der Waals surface area contributed by atoms with Crippen LogP contribution in [-0.2, 0) is 9.53 Å². The molecular formula is C8H11NO2. The summed E-state index contributed by atoms with van der Waals surface area (Å²) >= 11 is 0. The molecule has 1 atom stereocenters. The van der Waals surface area contributed by atoms with E-state index < -0.39 is 12.2 Å². The molecule has 60 valence electrons. The van der Waals surface area contributed by atoms with E-state index in [2.05, 4.69) is 16.2 Å². The number of nitrogens with zero attached hydrogens (tertiary/aromatic N) is 1. The van der Waals surface area contributed by atoms with Crippen molar-refractivity contribution in [2.45, 2.75) is 26.0 Å². The van der Waals surface area contributed by atoms with Crippen LogP contribution in [0.1, 0.15) is 19.8 Å². The fourth-order valence-corrected chi connectivity index (χ4v) is 0.579. The minimum atomic E-state index is -0.634. The summed E-state index contributed by atoms with van der Waals surface area (Å²) in [4.78, 5) is 13.7. The quantitative estimate of drug-likeness (QED) is 0.350. The average molecular weight is 153 g/mol. The zero-order valence-electron chi connectivity index (χ0n) is 6.54. The van der Waals surface area contributed by atoms with Crippen molar-refractivity contribution in [2.75, 3.05) is 0 Å². The molecule has 3 nitrogen and oxygen atoms in total. The van der Waals surface area contributed by atoms with Crippen molar-refractivity contribution in [1.29, 1.82) is 0 Å². The van der Waals surface area contributed by atoms with Gasteiger partial charge in [0.15, 0.2) is 0 Å². The van der Waals surface area contributed by atoms with Crippen LogP contribution in [0, 0.1) is 6.57 Å². The number of ether oxygens (including phenoxy) is 1. The van der Waals surface area contributed by atoms with Gasteiger partial charge in [0.05, 0.1) is 6.42 Å². The number of hydrogen-bond donors (Lipinski definition) is 0. The van der Waals surface area contributed by atoms with Crippen LogP contribution in [0.3, 0.4) is 0 Å². The molecule has 0 aromatic rings. The van der Waals surface area contributed by atoms with Gasteiger partial charge in [-0.1, -0.05) is 13.5 Å². The molecule has 0 bridgehead atoms. The predicted molar refractivity (Wildman–Crippen MR) is 41.6 cm³/mol. The van der Waals surface area contributed by atoms with Crippen molar-refractivity contribution in [3.05, 3.63) is 24.1 Å². The van der Waals surface area contributed by atoms with Crippen LogP contribution in [0.4, 0.5) is 0 Å². The Morgan fingerprint density at radius 2 is 2.55 bits per heavy atom. The topological polar surface area (TPSA) is 30.7 Å². The van der Waals surface area contributed by atoms with Crippen LogP contribution in [0.2, 0.25) is 0 Å². The van der Waals surface area contributed by atoms with E-state index in [1.165, 1.54) is 0 Å². The molecule has 1 unspecified atom stereocenters. The Morgan fingerprint density at radius 1 is 1.91 bits per heavy atom. The molecule has 0 aliphatic heterocycles. The number of esters is 1. The van der Waals surface area contributed by atoms with Crippen molar-refractivity contribution < 1.29 is 9.53 Å². The average Bonchev–Trinajstić information content (AvgIpc) is 2.03. The fourth-order valence-electron chi connectivity index (χ4n) is 0.579. The van der Waals surface area contributed by atoms with Crippen LogP contribution < -0.4 is 0 Å². The smallest absolute Gasteiger partial charge is 0.368 e. The third-order valence-electron chi connectivity index (χ3n) is 1.10. The second kappa shape index (κ2) is 5.48. The standard InChI is InChI=1S/C8H11NO2/c1-4-6-7(9-3)11-8(10)5-2/h5,7H,2,4,6H2,1H3. The van der Waals surface area contributed by atoms with Crippen molar-refractivity contribution in [3.8, 4) is 0 Å². The summed E-state index contributed by atoms with van der Waals surface area (Å²) < 4.78 is 4.68. The number of rotatable bonds is 4. The van der Waals surface area contributed by atoms with E-state index in [-0.39, 0.29) is 0 Å². The summed E-state index contributed by atoms with van der Waals surface area (Å²) in [6.45, 7) is 11.8. The van der Waals surface area contributed by atoms with Gasteiger partial charge in [-0.05, 0) is 6.42 Å². The first-order chi connectivity index (χ1) is 5.24. The SMILES string of the molecule is [C-]#[N+]C(CCC)OC(=O)C=C. The lowest BCUT2D eigenvalue weighted by molar-refractivity contribution is -0.141. The maximum Gasteiger partial charge on any atom is 0.368 e. The van der Waals surface area contributed by atoms with Crippen LogP contribution in [-0.4, -0.2) is 12.2 Å². The monoisotopic (exact) mass is 153 g/mol. The fraction of sp³-hybridized carbons (Fsp3) is 0.500. The van der Waals surface area contributed by atoms with Gasteiger partial charge in [-0.3, -0.25) is 4.85 Å². The van der Waals surface area contributed by atoms with Crippen LogP contribution in [0.15, 0.2) is 12.7 Å². The first kappa shape index (κ1) is 9.70. The lowest BCUT2D eigenvalue weighted by atomic mass is 10.3. The Balaban J connectivity index is 3.79. The summed E-state index contributed by atoms with van der Waals surface area (Å²) in [5.41, 5.74) is 0. The molecule has 0 fully saturated rings. The zero-order chi connectivity index (χ0) is 8.69.